The lowest BCUT2D eigenvalue weighted by atomic mass is 10.2. The Kier molecular flexibility index (Phi) is 3.27. The molecular weight excluding hydrogens is 270 g/mol. The predicted octanol–water partition coefficient (Wildman–Crippen LogP) is 2.58. The monoisotopic (exact) mass is 272 g/mol. The first-order chi connectivity index (χ1) is 8.06. The first kappa shape index (κ1) is 13.9. The Morgan fingerprint density at radius 3 is 2.17 bits per heavy atom. The lowest BCUT2D eigenvalue weighted by Crippen LogP contribution is -2.20. The minimum Gasteiger partial charge on any atom is -0.502 e. The van der Waals surface area contributed by atoms with Crippen LogP contribution < -0.4 is 4.74 Å². The fourth-order valence-corrected chi connectivity index (χ4v) is 0.987. The van der Waals surface area contributed by atoms with Crippen molar-refractivity contribution in [2.24, 2.45) is 0 Å². The van der Waals surface area contributed by atoms with Crippen LogP contribution in [-0.2, 0) is 6.18 Å². The van der Waals surface area contributed by atoms with Crippen molar-refractivity contribution in [3.63, 3.8) is 0 Å². The van der Waals surface area contributed by atoms with Gasteiger partial charge in [0.15, 0.2) is 17.2 Å². The number of hydrogen-bond donors (Lipinski definition) is 1. The summed E-state index contributed by atoms with van der Waals surface area (Å²) in [5.41, 5.74) is -2.95. The van der Waals surface area contributed by atoms with Crippen molar-refractivity contribution in [1.82, 2.24) is 4.98 Å². The van der Waals surface area contributed by atoms with E-state index in [1.165, 1.54) is 0 Å². The summed E-state index contributed by atoms with van der Waals surface area (Å²) in [5.74, 6) is -3.52. The Morgan fingerprint density at radius 2 is 1.78 bits per heavy atom. The van der Waals surface area contributed by atoms with Crippen molar-refractivity contribution < 1.29 is 36.2 Å². The van der Waals surface area contributed by atoms with Gasteiger partial charge in [0.1, 0.15) is 11.6 Å². The summed E-state index contributed by atoms with van der Waals surface area (Å²) >= 11 is 0. The van der Waals surface area contributed by atoms with Gasteiger partial charge in [-0.25, -0.2) is 4.98 Å². The average Bonchev–Trinajstić information content (AvgIpc) is 2.17. The number of halogens is 6. The second kappa shape index (κ2) is 4.25. The van der Waals surface area contributed by atoms with Crippen LogP contribution in [0.25, 0.3) is 0 Å². The van der Waals surface area contributed by atoms with Gasteiger partial charge in [0.25, 0.3) is 0 Å². The van der Waals surface area contributed by atoms with E-state index in [9.17, 15) is 26.3 Å². The van der Waals surface area contributed by atoms with Crippen molar-refractivity contribution in [2.45, 2.75) is 12.5 Å². The molecule has 0 radical (unpaired) electrons. The number of alkyl halides is 6. The second-order valence-electron chi connectivity index (χ2n) is 2.86. The molecule has 0 aliphatic rings. The highest BCUT2D eigenvalue weighted by Gasteiger charge is 2.42. The number of nitrogens with zero attached hydrogens (tertiary/aromatic N) is 2. The molecule has 1 heterocycles. The SMILES string of the molecule is N#Cc1ncc(C(F)(F)F)c(OC(F)(F)F)c1O. The van der Waals surface area contributed by atoms with E-state index in [2.05, 4.69) is 9.72 Å². The Labute approximate surface area is 95.0 Å². The highest BCUT2D eigenvalue weighted by Crippen LogP contribution is 2.43. The lowest BCUT2D eigenvalue weighted by molar-refractivity contribution is -0.276. The van der Waals surface area contributed by atoms with Gasteiger partial charge in [0, 0.05) is 6.20 Å². The van der Waals surface area contributed by atoms with Crippen LogP contribution in [0.2, 0.25) is 0 Å². The maximum atomic E-state index is 12.4. The van der Waals surface area contributed by atoms with Crippen molar-refractivity contribution in [3.8, 4) is 17.6 Å². The largest absolute Gasteiger partial charge is 0.573 e. The summed E-state index contributed by atoms with van der Waals surface area (Å²) in [4.78, 5) is 2.88. The third-order valence-electron chi connectivity index (χ3n) is 1.64. The van der Waals surface area contributed by atoms with Gasteiger partial charge in [-0.05, 0) is 0 Å². The van der Waals surface area contributed by atoms with Gasteiger partial charge >= 0.3 is 12.5 Å². The predicted molar refractivity (Wildman–Crippen MR) is 42.3 cm³/mol. The summed E-state index contributed by atoms with van der Waals surface area (Å²) in [7, 11) is 0. The number of nitriles is 1. The van der Waals surface area contributed by atoms with E-state index < -0.39 is 35.3 Å². The third kappa shape index (κ3) is 2.93. The molecule has 0 saturated carbocycles. The molecule has 0 amide bonds. The third-order valence-corrected chi connectivity index (χ3v) is 1.64. The number of ether oxygens (including phenoxy) is 1. The van der Waals surface area contributed by atoms with E-state index in [1.807, 2.05) is 0 Å². The summed E-state index contributed by atoms with van der Waals surface area (Å²) in [5, 5.41) is 17.4. The second-order valence-corrected chi connectivity index (χ2v) is 2.86. The first-order valence-electron chi connectivity index (χ1n) is 4.01. The van der Waals surface area contributed by atoms with Gasteiger partial charge in [-0.3, -0.25) is 0 Å². The lowest BCUT2D eigenvalue weighted by Gasteiger charge is -2.16. The molecule has 10 heteroatoms. The normalized spacial score (nSPS) is 12.1. The zero-order valence-corrected chi connectivity index (χ0v) is 8.10. The summed E-state index contributed by atoms with van der Waals surface area (Å²) in [6, 6.07) is 1.12. The molecule has 0 aliphatic heterocycles. The Balaban J connectivity index is 3.47. The van der Waals surface area contributed by atoms with Gasteiger partial charge < -0.3 is 9.84 Å². The molecule has 1 rings (SSSR count). The molecular formula is C8H2F6N2O2. The average molecular weight is 272 g/mol. The van der Waals surface area contributed by atoms with E-state index in [4.69, 9.17) is 10.4 Å². The molecule has 0 atom stereocenters. The van der Waals surface area contributed by atoms with Crippen LogP contribution in [0.15, 0.2) is 6.20 Å². The molecule has 0 fully saturated rings. The van der Waals surface area contributed by atoms with Crippen LogP contribution in [0.1, 0.15) is 11.3 Å². The fourth-order valence-electron chi connectivity index (χ4n) is 0.987. The van der Waals surface area contributed by atoms with Crippen LogP contribution in [0.5, 0.6) is 11.5 Å². The number of aromatic hydroxyl groups is 1. The van der Waals surface area contributed by atoms with E-state index in [1.54, 1.807) is 0 Å². The maximum absolute atomic E-state index is 12.4. The van der Waals surface area contributed by atoms with E-state index in [-0.39, 0.29) is 6.20 Å². The van der Waals surface area contributed by atoms with Crippen LogP contribution in [-0.4, -0.2) is 16.5 Å². The first-order valence-corrected chi connectivity index (χ1v) is 4.01. The van der Waals surface area contributed by atoms with Crippen LogP contribution >= 0.6 is 0 Å². The number of aromatic nitrogens is 1. The number of rotatable bonds is 1. The zero-order valence-electron chi connectivity index (χ0n) is 8.10. The van der Waals surface area contributed by atoms with E-state index >= 15 is 0 Å². The summed E-state index contributed by atoms with van der Waals surface area (Å²) in [6.07, 6.45) is -10.7. The molecule has 1 aromatic heterocycles. The Morgan fingerprint density at radius 1 is 1.22 bits per heavy atom. The van der Waals surface area contributed by atoms with Crippen molar-refractivity contribution >= 4 is 0 Å². The molecule has 1 aromatic rings. The standard InChI is InChI=1S/C8H2F6N2O2/c9-7(10,11)3-2-16-4(1-15)5(17)6(3)18-8(12,13)14/h2,17H. The van der Waals surface area contributed by atoms with Crippen molar-refractivity contribution in [2.75, 3.05) is 0 Å². The molecule has 0 saturated heterocycles. The summed E-state index contributed by atoms with van der Waals surface area (Å²) < 4.78 is 75.9. The van der Waals surface area contributed by atoms with Gasteiger partial charge in [0.2, 0.25) is 0 Å². The topological polar surface area (TPSA) is 66.1 Å². The Bertz CT molecular complexity index is 502. The molecule has 1 N–H and O–H groups in total. The zero-order chi connectivity index (χ0) is 14.1. The molecule has 4 nitrogen and oxygen atoms in total. The molecule has 0 bridgehead atoms. The number of pyridine rings is 1. The molecule has 0 spiro atoms. The number of hydrogen-bond acceptors (Lipinski definition) is 4. The summed E-state index contributed by atoms with van der Waals surface area (Å²) in [6.45, 7) is 0. The van der Waals surface area contributed by atoms with Gasteiger partial charge in [-0.1, -0.05) is 0 Å². The molecule has 0 unspecified atom stereocenters. The minimum absolute atomic E-state index is 0.0284. The van der Waals surface area contributed by atoms with Crippen molar-refractivity contribution in [3.05, 3.63) is 17.5 Å². The van der Waals surface area contributed by atoms with E-state index in [0.29, 0.717) is 0 Å². The molecule has 0 aromatic carbocycles. The van der Waals surface area contributed by atoms with Crippen LogP contribution in [0.4, 0.5) is 26.3 Å². The maximum Gasteiger partial charge on any atom is 0.573 e. The highest BCUT2D eigenvalue weighted by molar-refractivity contribution is 5.52. The minimum atomic E-state index is -5.45. The van der Waals surface area contributed by atoms with Gasteiger partial charge in [-0.2, -0.15) is 18.4 Å². The van der Waals surface area contributed by atoms with Gasteiger partial charge in [-0.15, -0.1) is 13.2 Å². The smallest absolute Gasteiger partial charge is 0.502 e. The quantitative estimate of drug-likeness (QED) is 0.798. The van der Waals surface area contributed by atoms with E-state index in [0.717, 1.165) is 6.07 Å². The Hall–Kier alpha value is -2.18. The van der Waals surface area contributed by atoms with Crippen LogP contribution in [0.3, 0.4) is 0 Å². The fraction of sp³-hybridized carbons (Fsp3) is 0.250. The molecule has 98 valence electrons. The highest BCUT2D eigenvalue weighted by atomic mass is 19.4. The van der Waals surface area contributed by atoms with Gasteiger partial charge in [0.05, 0.1) is 0 Å². The van der Waals surface area contributed by atoms with Crippen molar-refractivity contribution in [1.29, 1.82) is 5.26 Å². The molecule has 0 aliphatic carbocycles. The van der Waals surface area contributed by atoms with Crippen LogP contribution in [0, 0.1) is 11.3 Å². The molecule has 18 heavy (non-hydrogen) atoms.